The molecule has 3 heteroatoms. The lowest BCUT2D eigenvalue weighted by Crippen LogP contribution is -1.87. The second-order valence-corrected chi connectivity index (χ2v) is 7.88. The average Bonchev–Trinajstić information content (AvgIpc) is 2.60. The van der Waals surface area contributed by atoms with Gasteiger partial charge in [0, 0.05) is 10.4 Å². The van der Waals surface area contributed by atoms with Crippen LogP contribution in [0.3, 0.4) is 0 Å². The van der Waals surface area contributed by atoms with Crippen LogP contribution in [0.4, 0.5) is 0 Å². The van der Waals surface area contributed by atoms with Crippen LogP contribution in [0.25, 0.3) is 0 Å². The summed E-state index contributed by atoms with van der Waals surface area (Å²) in [5.41, 5.74) is 1.39. The zero-order valence-corrected chi connectivity index (χ0v) is 11.0. The van der Waals surface area contributed by atoms with Gasteiger partial charge in [-0.3, -0.25) is 0 Å². The molecule has 0 aromatic heterocycles. The summed E-state index contributed by atoms with van der Waals surface area (Å²) in [4.78, 5) is 0. The number of hydrogen-bond acceptors (Lipinski definition) is 0. The first-order valence-corrected chi connectivity index (χ1v) is 6.11. The Morgan fingerprint density at radius 2 is 2.00 bits per heavy atom. The third-order valence-corrected chi connectivity index (χ3v) is 4.32. The summed E-state index contributed by atoms with van der Waals surface area (Å²) in [6.45, 7) is 0. The summed E-state index contributed by atoms with van der Waals surface area (Å²) in [6, 6.07) is 8.47. The summed E-state index contributed by atoms with van der Waals surface area (Å²) in [6.07, 6.45) is 1.17. The Balaban J connectivity index is 2.26. The fraction of sp³-hybridized carbons (Fsp3) is 0.333. The van der Waals surface area contributed by atoms with Gasteiger partial charge < -0.3 is 0 Å². The lowest BCUT2D eigenvalue weighted by atomic mass is 10.1. The molecule has 0 spiro atoms. The van der Waals surface area contributed by atoms with Crippen molar-refractivity contribution in [3.8, 4) is 0 Å². The van der Waals surface area contributed by atoms with Crippen LogP contribution in [0.5, 0.6) is 0 Å². The Morgan fingerprint density at radius 1 is 1.33 bits per heavy atom. The van der Waals surface area contributed by atoms with Crippen molar-refractivity contribution in [2.75, 3.05) is 0 Å². The zero-order valence-electron chi connectivity index (χ0n) is 6.23. The summed E-state index contributed by atoms with van der Waals surface area (Å²) in [5, 5.41) is 0. The number of rotatable bonds is 1. The largest absolute Gasteiger partial charge is 0.0881 e. The zero-order chi connectivity index (χ0) is 8.77. The lowest BCUT2D eigenvalue weighted by Gasteiger charge is -2.00. The third-order valence-electron chi connectivity index (χ3n) is 2.08. The van der Waals surface area contributed by atoms with Gasteiger partial charge in [-0.25, -0.2) is 0 Å². The average molecular weight is 355 g/mol. The molecule has 0 radical (unpaired) electrons. The molecule has 1 saturated carbocycles. The summed E-state index contributed by atoms with van der Waals surface area (Å²) >= 11 is 10.7. The maximum absolute atomic E-state index is 3.62. The SMILES string of the molecule is Brc1cccc(C2CC2(Br)Br)c1. The molecule has 1 fully saturated rings. The Labute approximate surface area is 97.1 Å². The Morgan fingerprint density at radius 3 is 2.50 bits per heavy atom. The summed E-state index contributed by atoms with van der Waals surface area (Å²) in [7, 11) is 0. The van der Waals surface area contributed by atoms with Crippen LogP contribution < -0.4 is 0 Å². The van der Waals surface area contributed by atoms with Gasteiger partial charge in [-0.15, -0.1) is 0 Å². The minimum Gasteiger partial charge on any atom is -0.0720 e. The maximum atomic E-state index is 3.62. The molecule has 64 valence electrons. The number of halogens is 3. The smallest absolute Gasteiger partial charge is 0.0720 e. The van der Waals surface area contributed by atoms with E-state index < -0.39 is 0 Å². The van der Waals surface area contributed by atoms with Gasteiger partial charge in [0.1, 0.15) is 0 Å². The van der Waals surface area contributed by atoms with Crippen LogP contribution in [0.1, 0.15) is 17.9 Å². The molecular formula is C9H7Br3. The van der Waals surface area contributed by atoms with E-state index in [1.165, 1.54) is 12.0 Å². The standard InChI is InChI=1S/C9H7Br3/c10-7-3-1-2-6(4-7)8-5-9(8,11)12/h1-4,8H,5H2. The van der Waals surface area contributed by atoms with Crippen LogP contribution in [-0.4, -0.2) is 3.23 Å². The minimum atomic E-state index is 0.167. The van der Waals surface area contributed by atoms with Crippen molar-refractivity contribution in [1.82, 2.24) is 0 Å². The molecule has 0 bridgehead atoms. The van der Waals surface area contributed by atoms with E-state index in [9.17, 15) is 0 Å². The van der Waals surface area contributed by atoms with Crippen molar-refractivity contribution >= 4 is 47.8 Å². The topological polar surface area (TPSA) is 0 Å². The highest BCUT2D eigenvalue weighted by atomic mass is 79.9. The number of alkyl halides is 2. The van der Waals surface area contributed by atoms with Gasteiger partial charge in [-0.2, -0.15) is 0 Å². The first kappa shape index (κ1) is 9.22. The molecule has 1 atom stereocenters. The highest BCUT2D eigenvalue weighted by Gasteiger charge is 2.50. The molecule has 1 aromatic carbocycles. The molecule has 0 amide bonds. The fourth-order valence-corrected chi connectivity index (χ4v) is 2.89. The quantitative estimate of drug-likeness (QED) is 0.655. The molecule has 0 saturated heterocycles. The number of benzene rings is 1. The summed E-state index contributed by atoms with van der Waals surface area (Å²) in [5.74, 6) is 0.620. The van der Waals surface area contributed by atoms with Crippen molar-refractivity contribution in [3.63, 3.8) is 0 Å². The highest BCUT2D eigenvalue weighted by molar-refractivity contribution is 9.25. The van der Waals surface area contributed by atoms with E-state index in [-0.39, 0.29) is 3.23 Å². The highest BCUT2D eigenvalue weighted by Crippen LogP contribution is 2.62. The molecule has 1 unspecified atom stereocenters. The van der Waals surface area contributed by atoms with Crippen LogP contribution in [0.2, 0.25) is 0 Å². The second-order valence-electron chi connectivity index (χ2n) is 3.07. The van der Waals surface area contributed by atoms with Gasteiger partial charge >= 0.3 is 0 Å². The molecule has 1 aliphatic rings. The predicted octanol–water partition coefficient (Wildman–Crippen LogP) is 4.42. The normalized spacial score (nSPS) is 25.4. The van der Waals surface area contributed by atoms with Gasteiger partial charge in [0.2, 0.25) is 0 Å². The van der Waals surface area contributed by atoms with Crippen molar-refractivity contribution < 1.29 is 0 Å². The molecule has 2 rings (SSSR count). The second kappa shape index (κ2) is 3.10. The van der Waals surface area contributed by atoms with E-state index in [2.05, 4.69) is 72.1 Å². The molecule has 1 aliphatic carbocycles. The van der Waals surface area contributed by atoms with E-state index in [4.69, 9.17) is 0 Å². The van der Waals surface area contributed by atoms with E-state index in [1.54, 1.807) is 0 Å². The van der Waals surface area contributed by atoms with Crippen LogP contribution in [-0.2, 0) is 0 Å². The first-order chi connectivity index (χ1) is 5.59. The van der Waals surface area contributed by atoms with Crippen molar-refractivity contribution in [2.45, 2.75) is 15.6 Å². The van der Waals surface area contributed by atoms with Gasteiger partial charge in [0.15, 0.2) is 0 Å². The molecule has 0 nitrogen and oxygen atoms in total. The van der Waals surface area contributed by atoms with E-state index in [1.807, 2.05) is 0 Å². The van der Waals surface area contributed by atoms with Gasteiger partial charge in [0.05, 0.1) is 3.23 Å². The number of hydrogen-bond donors (Lipinski definition) is 0. The third kappa shape index (κ3) is 1.78. The van der Waals surface area contributed by atoms with Crippen molar-refractivity contribution in [3.05, 3.63) is 34.3 Å². The predicted molar refractivity (Wildman–Crippen MR) is 62.1 cm³/mol. The Hall–Kier alpha value is 0.660. The molecule has 12 heavy (non-hydrogen) atoms. The molecule has 0 aliphatic heterocycles. The van der Waals surface area contributed by atoms with E-state index in [0.29, 0.717) is 5.92 Å². The van der Waals surface area contributed by atoms with Gasteiger partial charge in [-0.1, -0.05) is 59.9 Å². The van der Waals surface area contributed by atoms with Crippen molar-refractivity contribution in [1.29, 1.82) is 0 Å². The first-order valence-electron chi connectivity index (χ1n) is 3.73. The Bertz CT molecular complexity index is 306. The van der Waals surface area contributed by atoms with Gasteiger partial charge in [-0.05, 0) is 24.1 Å². The van der Waals surface area contributed by atoms with E-state index >= 15 is 0 Å². The van der Waals surface area contributed by atoms with Crippen LogP contribution in [0.15, 0.2) is 28.7 Å². The maximum Gasteiger partial charge on any atom is 0.0881 e. The van der Waals surface area contributed by atoms with E-state index in [0.717, 1.165) is 4.47 Å². The lowest BCUT2D eigenvalue weighted by molar-refractivity contribution is 1.12. The molecular weight excluding hydrogens is 348 g/mol. The molecule has 0 N–H and O–H groups in total. The van der Waals surface area contributed by atoms with Gasteiger partial charge in [0.25, 0.3) is 0 Å². The fourth-order valence-electron chi connectivity index (χ4n) is 1.30. The minimum absolute atomic E-state index is 0.167. The molecule has 1 aromatic rings. The monoisotopic (exact) mass is 352 g/mol. The molecule has 0 heterocycles. The van der Waals surface area contributed by atoms with Crippen LogP contribution >= 0.6 is 47.8 Å². The van der Waals surface area contributed by atoms with Crippen molar-refractivity contribution in [2.24, 2.45) is 0 Å². The van der Waals surface area contributed by atoms with Crippen LogP contribution in [0, 0.1) is 0 Å². The summed E-state index contributed by atoms with van der Waals surface area (Å²) < 4.78 is 1.32. The Kier molecular flexibility index (Phi) is 2.39.